The van der Waals surface area contributed by atoms with E-state index in [4.69, 9.17) is 0 Å². The number of nitrogens with zero attached hydrogens (tertiary/aromatic N) is 1. The average Bonchev–Trinajstić information content (AvgIpc) is 2.92. The smallest absolute Gasteiger partial charge is 0.344 e. The van der Waals surface area contributed by atoms with Crippen LogP contribution in [0.25, 0.3) is 0 Å². The second-order valence-corrected chi connectivity index (χ2v) is 7.85. The summed E-state index contributed by atoms with van der Waals surface area (Å²) in [6, 6.07) is 11.7. The van der Waals surface area contributed by atoms with E-state index in [0.717, 1.165) is 4.47 Å². The highest BCUT2D eigenvalue weighted by molar-refractivity contribution is 9.10. The minimum absolute atomic E-state index is 0.140. The second-order valence-electron chi connectivity index (χ2n) is 6.94. The molecule has 1 atom stereocenters. The van der Waals surface area contributed by atoms with Crippen LogP contribution in [0.5, 0.6) is 0 Å². The summed E-state index contributed by atoms with van der Waals surface area (Å²) in [7, 11) is 0. The highest BCUT2D eigenvalue weighted by Gasteiger charge is 2.48. The van der Waals surface area contributed by atoms with Crippen LogP contribution in [0.4, 0.5) is 15.3 Å². The molecular formula is C20H19BrN4O5. The van der Waals surface area contributed by atoms with Gasteiger partial charge in [0, 0.05) is 10.2 Å². The number of carboxylic acid groups (broad SMARTS) is 1. The van der Waals surface area contributed by atoms with Gasteiger partial charge in [-0.3, -0.25) is 4.79 Å². The fourth-order valence-electron chi connectivity index (χ4n) is 3.08. The lowest BCUT2D eigenvalue weighted by Gasteiger charge is -2.22. The zero-order chi connectivity index (χ0) is 21.9. The number of halogens is 1. The van der Waals surface area contributed by atoms with Crippen LogP contribution in [0.1, 0.15) is 29.3 Å². The molecular weight excluding hydrogens is 456 g/mol. The molecule has 1 heterocycles. The van der Waals surface area contributed by atoms with Crippen LogP contribution in [0.2, 0.25) is 0 Å². The molecule has 156 valence electrons. The molecule has 4 N–H and O–H groups in total. The molecule has 3 rings (SSSR count). The van der Waals surface area contributed by atoms with Crippen molar-refractivity contribution in [2.45, 2.75) is 25.3 Å². The number of benzene rings is 2. The van der Waals surface area contributed by atoms with Gasteiger partial charge in [0.05, 0.1) is 5.56 Å². The number of hydrogen-bond acceptors (Lipinski definition) is 4. The van der Waals surface area contributed by atoms with Gasteiger partial charge in [0.25, 0.3) is 5.91 Å². The summed E-state index contributed by atoms with van der Waals surface area (Å²) in [5, 5.41) is 15.0. The Labute approximate surface area is 180 Å². The first-order valence-electron chi connectivity index (χ1n) is 9.01. The van der Waals surface area contributed by atoms with E-state index < -0.39 is 29.5 Å². The van der Waals surface area contributed by atoms with Gasteiger partial charge in [-0.2, -0.15) is 5.01 Å². The van der Waals surface area contributed by atoms with Gasteiger partial charge in [-0.1, -0.05) is 34.1 Å². The summed E-state index contributed by atoms with van der Waals surface area (Å²) in [6.45, 7) is 1.53. The van der Waals surface area contributed by atoms with Crippen molar-refractivity contribution in [1.29, 1.82) is 0 Å². The van der Waals surface area contributed by atoms with Crippen molar-refractivity contribution >= 4 is 45.6 Å². The van der Waals surface area contributed by atoms with Crippen LogP contribution in [-0.4, -0.2) is 39.6 Å². The Morgan fingerprint density at radius 2 is 1.80 bits per heavy atom. The third kappa shape index (κ3) is 4.60. The van der Waals surface area contributed by atoms with Gasteiger partial charge < -0.3 is 15.7 Å². The van der Waals surface area contributed by atoms with Crippen molar-refractivity contribution in [3.8, 4) is 0 Å². The van der Waals surface area contributed by atoms with Crippen LogP contribution in [0, 0.1) is 0 Å². The first-order chi connectivity index (χ1) is 14.2. The Kier molecular flexibility index (Phi) is 6.06. The maximum atomic E-state index is 12.8. The molecule has 1 unspecified atom stereocenters. The molecule has 0 bridgehead atoms. The molecule has 0 aromatic heterocycles. The molecule has 2 aromatic rings. The largest absolute Gasteiger partial charge is 0.478 e. The predicted molar refractivity (Wildman–Crippen MR) is 112 cm³/mol. The van der Waals surface area contributed by atoms with Crippen molar-refractivity contribution in [1.82, 2.24) is 15.8 Å². The first kappa shape index (κ1) is 21.3. The third-order valence-electron chi connectivity index (χ3n) is 4.72. The van der Waals surface area contributed by atoms with E-state index in [-0.39, 0.29) is 18.4 Å². The van der Waals surface area contributed by atoms with Crippen molar-refractivity contribution < 1.29 is 24.3 Å². The minimum atomic E-state index is -1.28. The SMILES string of the molecule is CC1(CCc2ccccc2C(=O)O)NC(=O)N(NC(=O)Nc2ccc(Br)cc2)C1=O. The summed E-state index contributed by atoms with van der Waals surface area (Å²) in [5.41, 5.74) is 2.13. The molecule has 1 fully saturated rings. The van der Waals surface area contributed by atoms with E-state index in [9.17, 15) is 24.3 Å². The monoisotopic (exact) mass is 474 g/mol. The summed E-state index contributed by atoms with van der Waals surface area (Å²) >= 11 is 3.29. The summed E-state index contributed by atoms with van der Waals surface area (Å²) in [4.78, 5) is 48.6. The molecule has 10 heteroatoms. The predicted octanol–water partition coefficient (Wildman–Crippen LogP) is 3.13. The Morgan fingerprint density at radius 3 is 2.47 bits per heavy atom. The number of carboxylic acids is 1. The van der Waals surface area contributed by atoms with Gasteiger partial charge in [0.2, 0.25) is 0 Å². The number of imide groups is 1. The van der Waals surface area contributed by atoms with Crippen LogP contribution < -0.4 is 16.1 Å². The standard InChI is InChI=1S/C20H19BrN4O5/c1-20(11-10-12-4-2-3-5-15(12)16(26)27)17(28)25(19(30)23-20)24-18(29)22-14-8-6-13(21)7-9-14/h2-9H,10-11H2,1H3,(H,23,30)(H,26,27)(H2,22,24,29). The lowest BCUT2D eigenvalue weighted by Crippen LogP contribution is -2.50. The summed E-state index contributed by atoms with van der Waals surface area (Å²) in [6.07, 6.45) is 0.415. The number of hydrogen-bond donors (Lipinski definition) is 4. The van der Waals surface area contributed by atoms with Gasteiger partial charge in [0.15, 0.2) is 0 Å². The fraction of sp³-hybridized carbons (Fsp3) is 0.200. The number of rotatable bonds is 6. The van der Waals surface area contributed by atoms with Gasteiger partial charge in [-0.25, -0.2) is 19.8 Å². The number of amides is 5. The highest BCUT2D eigenvalue weighted by atomic mass is 79.9. The molecule has 0 aliphatic carbocycles. The van der Waals surface area contributed by atoms with E-state index in [1.54, 1.807) is 42.5 Å². The molecule has 0 spiro atoms. The number of hydrazine groups is 1. The maximum absolute atomic E-state index is 12.8. The fourth-order valence-corrected chi connectivity index (χ4v) is 3.35. The summed E-state index contributed by atoms with van der Waals surface area (Å²) in [5.74, 6) is -1.70. The average molecular weight is 475 g/mol. The van der Waals surface area contributed by atoms with E-state index in [1.807, 2.05) is 0 Å². The van der Waals surface area contributed by atoms with Crippen LogP contribution >= 0.6 is 15.9 Å². The van der Waals surface area contributed by atoms with Crippen molar-refractivity contribution in [2.75, 3.05) is 5.32 Å². The van der Waals surface area contributed by atoms with Crippen LogP contribution in [0.3, 0.4) is 0 Å². The Bertz CT molecular complexity index is 1010. The van der Waals surface area contributed by atoms with Crippen LogP contribution in [-0.2, 0) is 11.2 Å². The zero-order valence-corrected chi connectivity index (χ0v) is 17.5. The molecule has 5 amide bonds. The normalized spacial score (nSPS) is 18.1. The number of nitrogens with one attached hydrogen (secondary N) is 3. The number of urea groups is 2. The Morgan fingerprint density at radius 1 is 1.13 bits per heavy atom. The molecule has 1 saturated heterocycles. The van der Waals surface area contributed by atoms with Gasteiger partial charge >= 0.3 is 18.0 Å². The molecule has 2 aromatic carbocycles. The first-order valence-corrected chi connectivity index (χ1v) is 9.80. The van der Waals surface area contributed by atoms with Gasteiger partial charge in [0.1, 0.15) is 5.54 Å². The number of carbonyl (C=O) groups is 4. The number of aromatic carboxylic acids is 1. The van der Waals surface area contributed by atoms with E-state index >= 15 is 0 Å². The quantitative estimate of drug-likeness (QED) is 0.478. The molecule has 1 aliphatic rings. The summed E-state index contributed by atoms with van der Waals surface area (Å²) < 4.78 is 0.836. The number of anilines is 1. The molecule has 9 nitrogen and oxygen atoms in total. The lowest BCUT2D eigenvalue weighted by atomic mass is 9.91. The molecule has 30 heavy (non-hydrogen) atoms. The number of aryl methyl sites for hydroxylation is 1. The zero-order valence-electron chi connectivity index (χ0n) is 15.9. The van der Waals surface area contributed by atoms with Gasteiger partial charge in [-0.05, 0) is 55.7 Å². The van der Waals surface area contributed by atoms with Crippen molar-refractivity contribution in [3.05, 3.63) is 64.1 Å². The Balaban J connectivity index is 1.65. The Hall–Kier alpha value is -3.40. The molecule has 0 radical (unpaired) electrons. The third-order valence-corrected chi connectivity index (χ3v) is 5.25. The van der Waals surface area contributed by atoms with E-state index in [1.165, 1.54) is 13.0 Å². The van der Waals surface area contributed by atoms with Crippen molar-refractivity contribution in [3.63, 3.8) is 0 Å². The molecule has 1 aliphatic heterocycles. The number of carbonyl (C=O) groups excluding carboxylic acids is 3. The minimum Gasteiger partial charge on any atom is -0.478 e. The topological polar surface area (TPSA) is 128 Å². The molecule has 0 saturated carbocycles. The van der Waals surface area contributed by atoms with Crippen molar-refractivity contribution in [2.24, 2.45) is 0 Å². The van der Waals surface area contributed by atoms with E-state index in [0.29, 0.717) is 16.3 Å². The maximum Gasteiger partial charge on any atom is 0.344 e. The van der Waals surface area contributed by atoms with E-state index in [2.05, 4.69) is 32.0 Å². The van der Waals surface area contributed by atoms with Crippen LogP contribution in [0.15, 0.2) is 53.0 Å². The van der Waals surface area contributed by atoms with Gasteiger partial charge in [-0.15, -0.1) is 0 Å². The lowest BCUT2D eigenvalue weighted by molar-refractivity contribution is -0.132. The second kappa shape index (κ2) is 8.54. The highest BCUT2D eigenvalue weighted by Crippen LogP contribution is 2.23.